The van der Waals surface area contributed by atoms with Crippen molar-refractivity contribution in [1.29, 1.82) is 0 Å². The molecule has 3 aromatic carbocycles. The van der Waals surface area contributed by atoms with Crippen LogP contribution in [0.4, 0.5) is 0 Å². The van der Waals surface area contributed by atoms with Crippen molar-refractivity contribution in [3.63, 3.8) is 0 Å². The van der Waals surface area contributed by atoms with Gasteiger partial charge in [-0.2, -0.15) is 0 Å². The summed E-state index contributed by atoms with van der Waals surface area (Å²) >= 11 is 0. The lowest BCUT2D eigenvalue weighted by atomic mass is 9.99. The summed E-state index contributed by atoms with van der Waals surface area (Å²) in [7, 11) is 0. The van der Waals surface area contributed by atoms with Crippen LogP contribution in [0, 0.1) is 0 Å². The second-order valence-corrected chi connectivity index (χ2v) is 5.83. The van der Waals surface area contributed by atoms with Crippen LogP contribution in [0.3, 0.4) is 0 Å². The van der Waals surface area contributed by atoms with Gasteiger partial charge in [-0.15, -0.1) is 0 Å². The zero-order chi connectivity index (χ0) is 15.2. The first kappa shape index (κ1) is 14.6. The van der Waals surface area contributed by atoms with Gasteiger partial charge < -0.3 is 0 Å². The Balaban J connectivity index is 1.66. The van der Waals surface area contributed by atoms with E-state index < -0.39 is 0 Å². The van der Waals surface area contributed by atoms with E-state index >= 15 is 0 Å². The molecule has 22 heavy (non-hydrogen) atoms. The minimum atomic E-state index is 1.01. The first-order valence-corrected chi connectivity index (χ1v) is 8.03. The Morgan fingerprint density at radius 3 is 1.23 bits per heavy atom. The summed E-state index contributed by atoms with van der Waals surface area (Å²) in [6.07, 6.45) is 3.12. The Kier molecular flexibility index (Phi) is 4.70. The molecule has 0 N–H and O–H groups in total. The maximum Gasteiger partial charge on any atom is -0.00258 e. The molecule has 0 amide bonds. The van der Waals surface area contributed by atoms with Crippen molar-refractivity contribution in [2.75, 3.05) is 0 Å². The van der Waals surface area contributed by atoms with E-state index in [-0.39, 0.29) is 0 Å². The summed E-state index contributed by atoms with van der Waals surface area (Å²) in [6, 6.07) is 28.6. The molecule has 0 radical (unpaired) electrons. The predicted octanol–water partition coefficient (Wildman–Crippen LogP) is 5.43. The lowest BCUT2D eigenvalue weighted by Gasteiger charge is -2.06. The van der Waals surface area contributed by atoms with E-state index in [0.29, 0.717) is 0 Å². The molecule has 0 fully saturated rings. The van der Waals surface area contributed by atoms with Crippen molar-refractivity contribution >= 4 is 0 Å². The third kappa shape index (κ3) is 3.85. The van der Waals surface area contributed by atoms with Gasteiger partial charge in [-0.3, -0.25) is 0 Å². The van der Waals surface area contributed by atoms with Crippen LogP contribution in [-0.4, -0.2) is 0 Å². The van der Waals surface area contributed by atoms with Gasteiger partial charge in [-0.05, 0) is 47.1 Å². The molecule has 0 spiro atoms. The zero-order valence-electron chi connectivity index (χ0n) is 13.1. The summed E-state index contributed by atoms with van der Waals surface area (Å²) in [5, 5.41) is 0. The molecule has 0 saturated heterocycles. The van der Waals surface area contributed by atoms with Crippen LogP contribution in [0.25, 0.3) is 0 Å². The highest BCUT2D eigenvalue weighted by Crippen LogP contribution is 2.14. The molecule has 0 saturated carbocycles. The standard InChI is InChI=1S/C22H22/c1-2-18-8-10-20(11-9-18)17-22-14-12-21(13-15-22)16-19-6-4-3-5-7-19/h3-15H,2,16-17H2,1H3. The quantitative estimate of drug-likeness (QED) is 0.586. The molecule has 110 valence electrons. The van der Waals surface area contributed by atoms with E-state index in [0.717, 1.165) is 19.3 Å². The fourth-order valence-corrected chi connectivity index (χ4v) is 2.74. The highest BCUT2D eigenvalue weighted by Gasteiger charge is 1.99. The Bertz CT molecular complexity index is 691. The summed E-state index contributed by atoms with van der Waals surface area (Å²) in [5.74, 6) is 0. The summed E-state index contributed by atoms with van der Waals surface area (Å²) in [4.78, 5) is 0. The van der Waals surface area contributed by atoms with Crippen LogP contribution in [0.15, 0.2) is 78.9 Å². The fourth-order valence-electron chi connectivity index (χ4n) is 2.74. The molecule has 0 aliphatic rings. The molecule has 3 rings (SSSR count). The van der Waals surface area contributed by atoms with Crippen LogP contribution < -0.4 is 0 Å². The predicted molar refractivity (Wildman–Crippen MR) is 94.3 cm³/mol. The van der Waals surface area contributed by atoms with E-state index in [1.54, 1.807) is 0 Å². The molecule has 0 aliphatic carbocycles. The second kappa shape index (κ2) is 7.09. The van der Waals surface area contributed by atoms with Crippen LogP contribution in [0.1, 0.15) is 34.7 Å². The average molecular weight is 286 g/mol. The number of hydrogen-bond acceptors (Lipinski definition) is 0. The number of hydrogen-bond donors (Lipinski definition) is 0. The third-order valence-corrected chi connectivity index (χ3v) is 4.11. The Morgan fingerprint density at radius 2 is 0.818 bits per heavy atom. The van der Waals surface area contributed by atoms with Gasteiger partial charge in [0.1, 0.15) is 0 Å². The smallest absolute Gasteiger partial charge is 0.00258 e. The Labute approximate surface area is 133 Å². The molecule has 0 heteroatoms. The zero-order valence-corrected chi connectivity index (χ0v) is 13.1. The Morgan fingerprint density at radius 1 is 0.455 bits per heavy atom. The highest BCUT2D eigenvalue weighted by molar-refractivity contribution is 5.32. The van der Waals surface area contributed by atoms with Crippen molar-refractivity contribution in [1.82, 2.24) is 0 Å². The SMILES string of the molecule is CCc1ccc(Cc2ccc(Cc3ccccc3)cc2)cc1. The van der Waals surface area contributed by atoms with E-state index in [1.165, 1.54) is 27.8 Å². The lowest BCUT2D eigenvalue weighted by molar-refractivity contribution is 1.11. The van der Waals surface area contributed by atoms with Gasteiger partial charge in [-0.1, -0.05) is 85.8 Å². The van der Waals surface area contributed by atoms with Gasteiger partial charge in [0.25, 0.3) is 0 Å². The first-order valence-electron chi connectivity index (χ1n) is 8.03. The number of rotatable bonds is 5. The minimum Gasteiger partial charge on any atom is -0.0622 e. The van der Waals surface area contributed by atoms with E-state index in [4.69, 9.17) is 0 Å². The maximum atomic E-state index is 2.26. The highest BCUT2D eigenvalue weighted by atomic mass is 14.0. The maximum absolute atomic E-state index is 2.26. The minimum absolute atomic E-state index is 1.01. The van der Waals surface area contributed by atoms with Crippen LogP contribution in [0.5, 0.6) is 0 Å². The topological polar surface area (TPSA) is 0 Å². The molecule has 0 bridgehead atoms. The normalized spacial score (nSPS) is 10.6. The molecule has 0 nitrogen and oxygen atoms in total. The number of benzene rings is 3. The van der Waals surface area contributed by atoms with Gasteiger partial charge in [0.2, 0.25) is 0 Å². The molecule has 0 aromatic heterocycles. The van der Waals surface area contributed by atoms with Crippen LogP contribution in [-0.2, 0) is 19.3 Å². The van der Waals surface area contributed by atoms with E-state index in [2.05, 4.69) is 85.8 Å². The van der Waals surface area contributed by atoms with Gasteiger partial charge in [0, 0.05) is 0 Å². The molecule has 3 aromatic rings. The van der Waals surface area contributed by atoms with Crippen molar-refractivity contribution < 1.29 is 0 Å². The lowest BCUT2D eigenvalue weighted by Crippen LogP contribution is -1.91. The van der Waals surface area contributed by atoms with Gasteiger partial charge in [0.05, 0.1) is 0 Å². The summed E-state index contributed by atoms with van der Waals surface area (Å²) < 4.78 is 0. The molecule has 0 heterocycles. The van der Waals surface area contributed by atoms with Crippen LogP contribution >= 0.6 is 0 Å². The van der Waals surface area contributed by atoms with Crippen molar-refractivity contribution in [3.05, 3.63) is 107 Å². The van der Waals surface area contributed by atoms with Gasteiger partial charge >= 0.3 is 0 Å². The fraction of sp³-hybridized carbons (Fsp3) is 0.182. The van der Waals surface area contributed by atoms with Gasteiger partial charge in [0.15, 0.2) is 0 Å². The largest absolute Gasteiger partial charge is 0.0622 e. The van der Waals surface area contributed by atoms with Crippen molar-refractivity contribution in [2.24, 2.45) is 0 Å². The average Bonchev–Trinajstić information content (AvgIpc) is 2.58. The number of aryl methyl sites for hydroxylation is 1. The summed E-state index contributed by atoms with van der Waals surface area (Å²) in [6.45, 7) is 2.19. The molecule has 0 atom stereocenters. The third-order valence-electron chi connectivity index (χ3n) is 4.11. The monoisotopic (exact) mass is 286 g/mol. The van der Waals surface area contributed by atoms with Crippen LogP contribution in [0.2, 0.25) is 0 Å². The van der Waals surface area contributed by atoms with E-state index in [1.807, 2.05) is 0 Å². The molecule has 0 unspecified atom stereocenters. The van der Waals surface area contributed by atoms with E-state index in [9.17, 15) is 0 Å². The van der Waals surface area contributed by atoms with Crippen molar-refractivity contribution in [3.8, 4) is 0 Å². The second-order valence-electron chi connectivity index (χ2n) is 5.83. The Hall–Kier alpha value is -2.34. The summed E-state index contributed by atoms with van der Waals surface area (Å²) in [5.41, 5.74) is 6.90. The molecular formula is C22H22. The molecular weight excluding hydrogens is 264 g/mol. The van der Waals surface area contributed by atoms with Crippen molar-refractivity contribution in [2.45, 2.75) is 26.2 Å². The van der Waals surface area contributed by atoms with Gasteiger partial charge in [-0.25, -0.2) is 0 Å². The molecule has 0 aliphatic heterocycles. The first-order chi connectivity index (χ1) is 10.8.